The van der Waals surface area contributed by atoms with Gasteiger partial charge in [0.25, 0.3) is 0 Å². The van der Waals surface area contributed by atoms with Gasteiger partial charge in [-0.1, -0.05) is 13.8 Å². The Morgan fingerprint density at radius 3 is 1.88 bits per heavy atom. The van der Waals surface area contributed by atoms with Crippen LogP contribution in [0.25, 0.3) is 0 Å². The molecule has 1 heterocycles. The van der Waals surface area contributed by atoms with Crippen LogP contribution in [0.4, 0.5) is 0 Å². The van der Waals surface area contributed by atoms with E-state index < -0.39 is 8.80 Å². The first-order valence-electron chi connectivity index (χ1n) is 9.51. The summed E-state index contributed by atoms with van der Waals surface area (Å²) in [5.74, 6) is 0. The van der Waals surface area contributed by atoms with Gasteiger partial charge in [-0.3, -0.25) is 0 Å². The van der Waals surface area contributed by atoms with Crippen LogP contribution >= 0.6 is 0 Å². The zero-order chi connectivity index (χ0) is 19.3. The van der Waals surface area contributed by atoms with Crippen molar-refractivity contribution in [3.05, 3.63) is 0 Å². The minimum Gasteiger partial charge on any atom is -0.372 e. The van der Waals surface area contributed by atoms with Gasteiger partial charge in [-0.05, 0) is 48.0 Å². The Morgan fingerprint density at radius 1 is 1.00 bits per heavy atom. The Hall–Kier alpha value is -0.0231. The van der Waals surface area contributed by atoms with Gasteiger partial charge >= 0.3 is 8.80 Å². The van der Waals surface area contributed by atoms with Crippen molar-refractivity contribution in [2.75, 3.05) is 33.5 Å². The maximum atomic E-state index is 6.56. The fourth-order valence-corrected chi connectivity index (χ4v) is 6.05. The molecule has 150 valence electrons. The first kappa shape index (κ1) is 23.0. The van der Waals surface area contributed by atoms with Crippen LogP contribution in [-0.2, 0) is 22.9 Å². The van der Waals surface area contributed by atoms with E-state index in [0.29, 0.717) is 19.8 Å². The quantitative estimate of drug-likeness (QED) is 0.544. The van der Waals surface area contributed by atoms with Gasteiger partial charge in [0.2, 0.25) is 0 Å². The average molecular weight is 378 g/mol. The number of piperidine rings is 1. The highest BCUT2D eigenvalue weighted by Gasteiger charge is 2.55. The molecule has 1 saturated heterocycles. The monoisotopic (exact) mass is 377 g/mol. The van der Waals surface area contributed by atoms with Gasteiger partial charge in [0.1, 0.15) is 5.73 Å². The van der Waals surface area contributed by atoms with Crippen molar-refractivity contribution in [3.8, 4) is 0 Å². The normalized spacial score (nSPS) is 25.1. The van der Waals surface area contributed by atoms with Gasteiger partial charge in [0, 0.05) is 37.3 Å². The lowest BCUT2D eigenvalue weighted by Crippen LogP contribution is -2.65. The molecule has 0 saturated carbocycles. The largest absolute Gasteiger partial charge is 0.531 e. The number of hydrogen-bond acceptors (Lipinski definition) is 6. The van der Waals surface area contributed by atoms with Gasteiger partial charge in [-0.15, -0.1) is 0 Å². The second-order valence-electron chi connectivity index (χ2n) is 7.52. The molecule has 7 heteroatoms. The third-order valence-electron chi connectivity index (χ3n) is 5.72. The van der Waals surface area contributed by atoms with Gasteiger partial charge in [-0.25, -0.2) is 0 Å². The summed E-state index contributed by atoms with van der Waals surface area (Å²) in [5, 5.41) is 2.05. The van der Waals surface area contributed by atoms with E-state index in [2.05, 4.69) is 32.8 Å². The Bertz CT molecular complexity index is 388. The molecule has 2 atom stereocenters. The highest BCUT2D eigenvalue weighted by Crippen LogP contribution is 2.45. The van der Waals surface area contributed by atoms with Crippen molar-refractivity contribution < 1.29 is 22.9 Å². The minimum atomic E-state index is -2.88. The fourth-order valence-electron chi connectivity index (χ4n) is 3.56. The molecule has 0 spiro atoms. The van der Waals surface area contributed by atoms with Crippen LogP contribution < -0.4 is 0 Å². The first-order valence-corrected chi connectivity index (χ1v) is 11.3. The predicted octanol–water partition coefficient (Wildman–Crippen LogP) is 3.42. The maximum absolute atomic E-state index is 6.56. The third-order valence-corrected chi connectivity index (χ3v) is 8.93. The van der Waals surface area contributed by atoms with Crippen LogP contribution in [0.3, 0.4) is 0 Å². The smallest absolute Gasteiger partial charge is 0.372 e. The van der Waals surface area contributed by atoms with Crippen LogP contribution in [0.15, 0.2) is 0 Å². The van der Waals surface area contributed by atoms with Crippen LogP contribution in [0.2, 0.25) is 0 Å². The Kier molecular flexibility index (Phi) is 8.52. The summed E-state index contributed by atoms with van der Waals surface area (Å²) < 4.78 is 24.6. The highest BCUT2D eigenvalue weighted by molar-refractivity contribution is 6.62. The third kappa shape index (κ3) is 4.64. The summed E-state index contributed by atoms with van der Waals surface area (Å²) in [4.78, 5) is 5.59. The zero-order valence-electron chi connectivity index (χ0n) is 17.7. The number of ether oxygens (including phenoxy) is 1. The maximum Gasteiger partial charge on any atom is 0.531 e. The molecule has 0 bridgehead atoms. The molecule has 1 aliphatic rings. The van der Waals surface area contributed by atoms with Crippen molar-refractivity contribution in [3.63, 3.8) is 0 Å². The highest BCUT2D eigenvalue weighted by atomic mass is 28.4. The summed E-state index contributed by atoms with van der Waals surface area (Å²) in [6.45, 7) is 19.3. The average Bonchev–Trinajstić information content (AvgIpc) is 2.53. The molecule has 0 aliphatic carbocycles. The number of rotatable bonds is 10. The lowest BCUT2D eigenvalue weighted by atomic mass is 9.67. The minimum absolute atomic E-state index is 0.0668. The first-order chi connectivity index (χ1) is 11.6. The van der Waals surface area contributed by atoms with Gasteiger partial charge in [0.05, 0.1) is 13.2 Å². The van der Waals surface area contributed by atoms with E-state index in [4.69, 9.17) is 22.9 Å². The number of hydroxylamine groups is 2. The number of nitrogens with zero attached hydrogens (tertiary/aromatic N) is 1. The molecule has 1 rings (SSSR count). The Balaban J connectivity index is 3.01. The molecule has 2 unspecified atom stereocenters. The Morgan fingerprint density at radius 2 is 1.48 bits per heavy atom. The zero-order valence-corrected chi connectivity index (χ0v) is 18.7. The SMILES string of the molecule is CCO[Si](OCC)(OCC)C(C)OC1CCN(OC)C(C)(C)C1(C)C. The van der Waals surface area contributed by atoms with E-state index in [9.17, 15) is 0 Å². The molecule has 1 aliphatic heterocycles. The predicted molar refractivity (Wildman–Crippen MR) is 101 cm³/mol. The summed E-state index contributed by atoms with van der Waals surface area (Å²) >= 11 is 0. The standard InChI is InChI=1S/C18H39NO5Si/c1-10-21-25(22-11-2,23-12-3)15(4)24-16-13-14-19(20-9)18(7,8)17(16,5)6/h15-16H,10-14H2,1-9H3. The molecule has 0 aromatic carbocycles. The lowest BCUT2D eigenvalue weighted by Gasteiger charge is -2.56. The topological polar surface area (TPSA) is 49.4 Å². The van der Waals surface area contributed by atoms with Crippen molar-refractivity contribution in [2.24, 2.45) is 5.41 Å². The van der Waals surface area contributed by atoms with Crippen molar-refractivity contribution in [2.45, 2.75) is 79.2 Å². The summed E-state index contributed by atoms with van der Waals surface area (Å²) in [5.41, 5.74) is -0.487. The molecule has 25 heavy (non-hydrogen) atoms. The molecule has 0 aromatic rings. The van der Waals surface area contributed by atoms with Crippen LogP contribution in [-0.4, -0.2) is 64.7 Å². The van der Waals surface area contributed by atoms with E-state index >= 15 is 0 Å². The summed E-state index contributed by atoms with van der Waals surface area (Å²) in [6.07, 6.45) is 0.959. The van der Waals surface area contributed by atoms with E-state index in [1.165, 1.54) is 0 Å². The molecule has 0 amide bonds. The van der Waals surface area contributed by atoms with Crippen LogP contribution in [0.1, 0.15) is 61.8 Å². The van der Waals surface area contributed by atoms with Gasteiger partial charge < -0.3 is 22.9 Å². The van der Waals surface area contributed by atoms with Gasteiger partial charge in [0.15, 0.2) is 0 Å². The molecule has 0 aromatic heterocycles. The molecular formula is C18H39NO5Si. The molecule has 0 radical (unpaired) electrons. The fraction of sp³-hybridized carbons (Fsp3) is 1.00. The van der Waals surface area contributed by atoms with Crippen LogP contribution in [0, 0.1) is 5.41 Å². The second-order valence-corrected chi connectivity index (χ2v) is 10.4. The molecular weight excluding hydrogens is 338 g/mol. The summed E-state index contributed by atoms with van der Waals surface area (Å²) in [6, 6.07) is 0. The van der Waals surface area contributed by atoms with Gasteiger partial charge in [-0.2, -0.15) is 5.06 Å². The lowest BCUT2D eigenvalue weighted by molar-refractivity contribution is -0.272. The second kappa shape index (κ2) is 9.26. The van der Waals surface area contributed by atoms with E-state index in [-0.39, 0.29) is 22.8 Å². The van der Waals surface area contributed by atoms with Crippen LogP contribution in [0.5, 0.6) is 0 Å². The van der Waals surface area contributed by atoms with Crippen molar-refractivity contribution in [1.29, 1.82) is 0 Å². The van der Waals surface area contributed by atoms with E-state index in [0.717, 1.165) is 13.0 Å². The van der Waals surface area contributed by atoms with E-state index in [1.54, 1.807) is 7.11 Å². The Labute approximate surface area is 155 Å². The van der Waals surface area contributed by atoms with Crippen molar-refractivity contribution >= 4 is 8.80 Å². The van der Waals surface area contributed by atoms with E-state index in [1.807, 2.05) is 27.7 Å². The molecule has 0 N–H and O–H groups in total. The number of hydrogen-bond donors (Lipinski definition) is 0. The van der Waals surface area contributed by atoms with Crippen molar-refractivity contribution in [1.82, 2.24) is 5.06 Å². The molecule has 1 fully saturated rings. The molecule has 6 nitrogen and oxygen atoms in total. The summed E-state index contributed by atoms with van der Waals surface area (Å²) in [7, 11) is -1.15.